The quantitative estimate of drug-likeness (QED) is 0.791. The summed E-state index contributed by atoms with van der Waals surface area (Å²) in [6, 6.07) is 3.89. The van der Waals surface area contributed by atoms with E-state index < -0.39 is 0 Å². The topological polar surface area (TPSA) is 72.0 Å². The summed E-state index contributed by atoms with van der Waals surface area (Å²) in [6.07, 6.45) is 5.42. The minimum atomic E-state index is 0.679. The van der Waals surface area contributed by atoms with Crippen molar-refractivity contribution in [2.45, 2.75) is 19.8 Å². The van der Waals surface area contributed by atoms with E-state index in [-0.39, 0.29) is 0 Å². The minimum absolute atomic E-state index is 0.679. The monoisotopic (exact) mass is 313 g/mol. The van der Waals surface area contributed by atoms with Gasteiger partial charge in [0.15, 0.2) is 5.82 Å². The fraction of sp³-hybridized carbons (Fsp3) is 0.471. The van der Waals surface area contributed by atoms with Crippen LogP contribution in [0.5, 0.6) is 0 Å². The van der Waals surface area contributed by atoms with Gasteiger partial charge in [-0.3, -0.25) is 4.98 Å². The summed E-state index contributed by atoms with van der Waals surface area (Å²) in [4.78, 5) is 13.6. The highest BCUT2D eigenvalue weighted by Crippen LogP contribution is 2.24. The van der Waals surface area contributed by atoms with Gasteiger partial charge in [-0.1, -0.05) is 0 Å². The second-order valence-electron chi connectivity index (χ2n) is 5.43. The predicted molar refractivity (Wildman–Crippen MR) is 90.5 cm³/mol. The van der Waals surface area contributed by atoms with E-state index in [1.54, 1.807) is 12.4 Å². The highest BCUT2D eigenvalue weighted by atomic mass is 16.5. The van der Waals surface area contributed by atoms with E-state index in [2.05, 4.69) is 15.6 Å². The van der Waals surface area contributed by atoms with Crippen LogP contribution in [0.15, 0.2) is 24.5 Å². The van der Waals surface area contributed by atoms with E-state index in [1.165, 1.54) is 5.56 Å². The lowest BCUT2D eigenvalue weighted by molar-refractivity contribution is 0.158. The zero-order valence-corrected chi connectivity index (χ0v) is 13.5. The van der Waals surface area contributed by atoms with Crippen molar-refractivity contribution in [2.75, 3.05) is 38.2 Å². The van der Waals surface area contributed by atoms with Crippen molar-refractivity contribution in [3.63, 3.8) is 0 Å². The number of rotatable bonds is 6. The zero-order valence-electron chi connectivity index (χ0n) is 13.5. The number of aromatic nitrogens is 3. The summed E-state index contributed by atoms with van der Waals surface area (Å²) in [7, 11) is 0. The van der Waals surface area contributed by atoms with Gasteiger partial charge < -0.3 is 15.4 Å². The van der Waals surface area contributed by atoms with E-state index in [1.807, 2.05) is 19.1 Å². The summed E-state index contributed by atoms with van der Waals surface area (Å²) in [6.45, 7) is 6.08. The Hall–Kier alpha value is -2.05. The van der Waals surface area contributed by atoms with Crippen LogP contribution in [0.4, 0.5) is 5.82 Å². The van der Waals surface area contributed by atoms with Gasteiger partial charge in [0.1, 0.15) is 5.82 Å². The normalized spacial score (nSPS) is 14.1. The summed E-state index contributed by atoms with van der Waals surface area (Å²) in [5.41, 5.74) is 3.35. The Kier molecular flexibility index (Phi) is 5.50. The first-order chi connectivity index (χ1) is 11.4. The summed E-state index contributed by atoms with van der Waals surface area (Å²) >= 11 is 0. The van der Waals surface area contributed by atoms with Crippen LogP contribution in [0.2, 0.25) is 0 Å². The van der Waals surface area contributed by atoms with Crippen LogP contribution in [-0.4, -0.2) is 47.8 Å². The lowest BCUT2D eigenvalue weighted by Gasteiger charge is -2.15. The Balaban J connectivity index is 1.91. The van der Waals surface area contributed by atoms with Gasteiger partial charge in [-0.25, -0.2) is 9.97 Å². The van der Waals surface area contributed by atoms with Crippen LogP contribution in [0, 0.1) is 0 Å². The molecule has 2 aromatic heterocycles. The molecule has 3 rings (SSSR count). The van der Waals surface area contributed by atoms with Gasteiger partial charge in [0, 0.05) is 49.6 Å². The molecule has 6 nitrogen and oxygen atoms in total. The second kappa shape index (κ2) is 7.99. The van der Waals surface area contributed by atoms with Crippen LogP contribution < -0.4 is 10.6 Å². The molecule has 0 saturated heterocycles. The molecular formula is C17H23N5O. The molecule has 0 saturated carbocycles. The number of nitrogens with one attached hydrogen (secondary N) is 2. The molecule has 3 heterocycles. The summed E-state index contributed by atoms with van der Waals surface area (Å²) < 4.78 is 5.41. The molecule has 0 amide bonds. The molecule has 122 valence electrons. The molecule has 0 fully saturated rings. The van der Waals surface area contributed by atoms with Gasteiger partial charge in [0.05, 0.1) is 12.3 Å². The van der Waals surface area contributed by atoms with Gasteiger partial charge in [0.2, 0.25) is 0 Å². The van der Waals surface area contributed by atoms with Gasteiger partial charge in [-0.2, -0.15) is 0 Å². The molecule has 2 N–H and O–H groups in total. The average Bonchev–Trinajstić information content (AvgIpc) is 2.85. The molecule has 0 bridgehead atoms. The lowest BCUT2D eigenvalue weighted by atomic mass is 10.1. The SMILES string of the molecule is CCOCCNc1nc(-c2ccncc2)nc2c1CCNCC2. The fourth-order valence-electron chi connectivity index (χ4n) is 2.71. The van der Waals surface area contributed by atoms with Crippen molar-refractivity contribution in [3.8, 4) is 11.4 Å². The number of fused-ring (bicyclic) bond motifs is 1. The van der Waals surface area contributed by atoms with Gasteiger partial charge in [-0.05, 0) is 32.0 Å². The van der Waals surface area contributed by atoms with Crippen LogP contribution in [0.25, 0.3) is 11.4 Å². The number of nitrogens with zero attached hydrogens (tertiary/aromatic N) is 3. The van der Waals surface area contributed by atoms with E-state index in [0.29, 0.717) is 6.61 Å². The number of anilines is 1. The Morgan fingerprint density at radius 3 is 2.83 bits per heavy atom. The third-order valence-corrected chi connectivity index (χ3v) is 3.86. The van der Waals surface area contributed by atoms with Crippen molar-refractivity contribution in [1.82, 2.24) is 20.3 Å². The smallest absolute Gasteiger partial charge is 0.161 e. The van der Waals surface area contributed by atoms with Crippen molar-refractivity contribution in [3.05, 3.63) is 35.8 Å². The maximum atomic E-state index is 5.41. The third kappa shape index (κ3) is 4.03. The van der Waals surface area contributed by atoms with Gasteiger partial charge in [0.25, 0.3) is 0 Å². The maximum Gasteiger partial charge on any atom is 0.161 e. The third-order valence-electron chi connectivity index (χ3n) is 3.86. The molecule has 0 radical (unpaired) electrons. The first-order valence-corrected chi connectivity index (χ1v) is 8.21. The van der Waals surface area contributed by atoms with E-state index in [4.69, 9.17) is 14.7 Å². The molecule has 23 heavy (non-hydrogen) atoms. The molecule has 2 aromatic rings. The van der Waals surface area contributed by atoms with Crippen LogP contribution in [-0.2, 0) is 17.6 Å². The Morgan fingerprint density at radius 1 is 1.17 bits per heavy atom. The molecule has 0 aliphatic carbocycles. The number of hydrogen-bond acceptors (Lipinski definition) is 6. The number of ether oxygens (including phenoxy) is 1. The fourth-order valence-corrected chi connectivity index (χ4v) is 2.71. The highest BCUT2D eigenvalue weighted by molar-refractivity contribution is 5.59. The second-order valence-corrected chi connectivity index (χ2v) is 5.43. The molecule has 1 aliphatic heterocycles. The zero-order chi connectivity index (χ0) is 15.9. The summed E-state index contributed by atoms with van der Waals surface area (Å²) in [5.74, 6) is 1.69. The van der Waals surface area contributed by atoms with E-state index in [0.717, 1.165) is 62.0 Å². The van der Waals surface area contributed by atoms with Crippen LogP contribution in [0.1, 0.15) is 18.2 Å². The first-order valence-electron chi connectivity index (χ1n) is 8.21. The number of pyridine rings is 1. The molecular weight excluding hydrogens is 290 g/mol. The van der Waals surface area contributed by atoms with Crippen molar-refractivity contribution in [2.24, 2.45) is 0 Å². The molecule has 0 unspecified atom stereocenters. The molecule has 0 spiro atoms. The first kappa shape index (κ1) is 15.8. The van der Waals surface area contributed by atoms with Gasteiger partial charge in [-0.15, -0.1) is 0 Å². The van der Waals surface area contributed by atoms with E-state index in [9.17, 15) is 0 Å². The van der Waals surface area contributed by atoms with Crippen LogP contribution in [0.3, 0.4) is 0 Å². The largest absolute Gasteiger partial charge is 0.380 e. The van der Waals surface area contributed by atoms with Crippen LogP contribution >= 0.6 is 0 Å². The molecule has 0 aromatic carbocycles. The van der Waals surface area contributed by atoms with E-state index >= 15 is 0 Å². The van der Waals surface area contributed by atoms with Gasteiger partial charge >= 0.3 is 0 Å². The molecule has 1 aliphatic rings. The summed E-state index contributed by atoms with van der Waals surface area (Å²) in [5, 5.41) is 6.85. The Labute approximate surface area is 136 Å². The maximum absolute atomic E-state index is 5.41. The Morgan fingerprint density at radius 2 is 2.00 bits per heavy atom. The number of hydrogen-bond donors (Lipinski definition) is 2. The predicted octanol–water partition coefficient (Wildman–Crippen LogP) is 1.68. The van der Waals surface area contributed by atoms with Crippen molar-refractivity contribution in [1.29, 1.82) is 0 Å². The van der Waals surface area contributed by atoms with Crippen molar-refractivity contribution < 1.29 is 4.74 Å². The highest BCUT2D eigenvalue weighted by Gasteiger charge is 2.17. The lowest BCUT2D eigenvalue weighted by Crippen LogP contribution is -2.16. The van der Waals surface area contributed by atoms with Crippen molar-refractivity contribution >= 4 is 5.82 Å². The standard InChI is InChI=1S/C17H23N5O/c1-2-23-12-11-20-17-14-5-9-19-10-6-15(14)21-16(22-17)13-3-7-18-8-4-13/h3-4,7-8,19H,2,5-6,9-12H2,1H3,(H,20,21,22). The molecule has 0 atom stereocenters. The average molecular weight is 313 g/mol. The molecule has 6 heteroatoms. The minimum Gasteiger partial charge on any atom is -0.380 e. The Bertz CT molecular complexity index is 632.